The zero-order chi connectivity index (χ0) is 14.1. The summed E-state index contributed by atoms with van der Waals surface area (Å²) in [6, 6.07) is 3.10. The maximum Gasteiger partial charge on any atom is 0.339 e. The van der Waals surface area contributed by atoms with Crippen LogP contribution in [-0.4, -0.2) is 29.1 Å². The fourth-order valence-electron chi connectivity index (χ4n) is 3.63. The van der Waals surface area contributed by atoms with Crippen molar-refractivity contribution in [3.63, 3.8) is 0 Å². The molecule has 2 unspecified atom stereocenters. The molecule has 0 amide bonds. The van der Waals surface area contributed by atoms with Gasteiger partial charge in [0.1, 0.15) is 16.5 Å². The number of hydrogen-bond acceptors (Lipinski definition) is 3. The maximum absolute atomic E-state index is 11.3. The van der Waals surface area contributed by atoms with Crippen LogP contribution >= 0.6 is 11.6 Å². The lowest BCUT2D eigenvalue weighted by Crippen LogP contribution is -2.42. The van der Waals surface area contributed by atoms with E-state index in [9.17, 15) is 9.90 Å². The van der Waals surface area contributed by atoms with E-state index in [0.29, 0.717) is 16.9 Å². The Balaban J connectivity index is 1.85. The highest BCUT2D eigenvalue weighted by Gasteiger charge is 2.32. The molecule has 1 aromatic heterocycles. The molecule has 4 nitrogen and oxygen atoms in total. The second-order valence-electron chi connectivity index (χ2n) is 5.85. The van der Waals surface area contributed by atoms with E-state index >= 15 is 0 Å². The lowest BCUT2D eigenvalue weighted by atomic mass is 9.75. The Kier molecular flexibility index (Phi) is 3.83. The lowest BCUT2D eigenvalue weighted by molar-refractivity contribution is 0.0696. The van der Waals surface area contributed by atoms with Crippen LogP contribution < -0.4 is 4.90 Å². The van der Waals surface area contributed by atoms with Crippen LogP contribution in [0.3, 0.4) is 0 Å². The average Bonchev–Trinajstić information content (AvgIpc) is 2.46. The van der Waals surface area contributed by atoms with E-state index < -0.39 is 5.97 Å². The van der Waals surface area contributed by atoms with Crippen molar-refractivity contribution in [1.82, 2.24) is 4.98 Å². The van der Waals surface area contributed by atoms with E-state index in [1.54, 1.807) is 12.1 Å². The standard InChI is InChI=1S/C15H19ClN2O2/c16-13-6-5-12(15(19)20)14(17-13)18-8-7-10-3-1-2-4-11(10)9-18/h5-6,10-11H,1-4,7-9H2,(H,19,20). The van der Waals surface area contributed by atoms with E-state index in [0.717, 1.165) is 25.4 Å². The molecule has 1 aromatic rings. The minimum Gasteiger partial charge on any atom is -0.478 e. The summed E-state index contributed by atoms with van der Waals surface area (Å²) in [5.41, 5.74) is 0.253. The number of rotatable bonds is 2. The van der Waals surface area contributed by atoms with Crippen LogP contribution in [0.25, 0.3) is 0 Å². The third-order valence-corrected chi connectivity index (χ3v) is 4.87. The summed E-state index contributed by atoms with van der Waals surface area (Å²) in [7, 11) is 0. The number of pyridine rings is 1. The van der Waals surface area contributed by atoms with Gasteiger partial charge >= 0.3 is 5.97 Å². The first-order chi connectivity index (χ1) is 9.65. The Morgan fingerprint density at radius 2 is 2.00 bits per heavy atom. The van der Waals surface area contributed by atoms with Gasteiger partial charge in [0.05, 0.1) is 0 Å². The number of halogens is 1. The lowest BCUT2D eigenvalue weighted by Gasteiger charge is -2.42. The number of hydrogen-bond donors (Lipinski definition) is 1. The fraction of sp³-hybridized carbons (Fsp3) is 0.600. The molecule has 1 saturated heterocycles. The number of nitrogens with zero attached hydrogens (tertiary/aromatic N) is 2. The van der Waals surface area contributed by atoms with E-state index in [-0.39, 0.29) is 5.56 Å². The summed E-state index contributed by atoms with van der Waals surface area (Å²) in [6.45, 7) is 1.80. The Bertz CT molecular complexity index is 521. The number of piperidine rings is 1. The molecular formula is C15H19ClN2O2. The SMILES string of the molecule is O=C(O)c1ccc(Cl)nc1N1CCC2CCCCC2C1. The molecule has 108 valence electrons. The predicted octanol–water partition coefficient (Wildman–Crippen LogP) is 3.45. The number of aromatic carboxylic acids is 1. The predicted molar refractivity (Wildman–Crippen MR) is 78.5 cm³/mol. The number of carboxylic acids is 1. The van der Waals surface area contributed by atoms with Crippen molar-refractivity contribution in [2.24, 2.45) is 11.8 Å². The number of aromatic nitrogens is 1. The van der Waals surface area contributed by atoms with Crippen LogP contribution in [0.5, 0.6) is 0 Å². The first-order valence-electron chi connectivity index (χ1n) is 7.30. The molecule has 5 heteroatoms. The maximum atomic E-state index is 11.3. The van der Waals surface area contributed by atoms with E-state index in [4.69, 9.17) is 11.6 Å². The monoisotopic (exact) mass is 294 g/mol. The van der Waals surface area contributed by atoms with Crippen molar-refractivity contribution in [2.75, 3.05) is 18.0 Å². The number of carbonyl (C=O) groups is 1. The molecule has 1 aliphatic carbocycles. The topological polar surface area (TPSA) is 53.4 Å². The Morgan fingerprint density at radius 3 is 2.75 bits per heavy atom. The summed E-state index contributed by atoms with van der Waals surface area (Å²) >= 11 is 5.95. The molecule has 2 heterocycles. The zero-order valence-electron chi connectivity index (χ0n) is 11.4. The summed E-state index contributed by atoms with van der Waals surface area (Å²) in [5, 5.41) is 9.67. The van der Waals surface area contributed by atoms with Crippen LogP contribution in [0.1, 0.15) is 42.5 Å². The van der Waals surface area contributed by atoms with Gasteiger partial charge < -0.3 is 10.0 Å². The van der Waals surface area contributed by atoms with Gasteiger partial charge in [-0.3, -0.25) is 0 Å². The van der Waals surface area contributed by atoms with Gasteiger partial charge in [0.15, 0.2) is 0 Å². The second kappa shape index (κ2) is 5.60. The van der Waals surface area contributed by atoms with Crippen molar-refractivity contribution < 1.29 is 9.90 Å². The molecule has 1 aliphatic heterocycles. The zero-order valence-corrected chi connectivity index (χ0v) is 12.1. The van der Waals surface area contributed by atoms with Gasteiger partial charge in [-0.25, -0.2) is 9.78 Å². The van der Waals surface area contributed by atoms with Gasteiger partial charge in [0.2, 0.25) is 0 Å². The smallest absolute Gasteiger partial charge is 0.339 e. The highest BCUT2D eigenvalue weighted by Crippen LogP contribution is 2.37. The molecule has 20 heavy (non-hydrogen) atoms. The van der Waals surface area contributed by atoms with Gasteiger partial charge in [-0.15, -0.1) is 0 Å². The van der Waals surface area contributed by atoms with Crippen LogP contribution in [0, 0.1) is 11.8 Å². The van der Waals surface area contributed by atoms with Gasteiger partial charge in [-0.05, 0) is 36.8 Å². The summed E-state index contributed by atoms with van der Waals surface area (Å²) in [4.78, 5) is 17.7. The summed E-state index contributed by atoms with van der Waals surface area (Å²) in [5.74, 6) is 1.09. The summed E-state index contributed by atoms with van der Waals surface area (Å²) in [6.07, 6.45) is 6.36. The molecule has 1 saturated carbocycles. The average molecular weight is 295 g/mol. The van der Waals surface area contributed by atoms with E-state index in [2.05, 4.69) is 9.88 Å². The normalized spacial score (nSPS) is 26.1. The Hall–Kier alpha value is -1.29. The van der Waals surface area contributed by atoms with Crippen molar-refractivity contribution >= 4 is 23.4 Å². The van der Waals surface area contributed by atoms with Gasteiger partial charge in [0, 0.05) is 13.1 Å². The van der Waals surface area contributed by atoms with E-state index in [1.807, 2.05) is 0 Å². The third-order valence-electron chi connectivity index (χ3n) is 4.66. The largest absolute Gasteiger partial charge is 0.478 e. The minimum atomic E-state index is -0.935. The molecule has 2 atom stereocenters. The van der Waals surface area contributed by atoms with Crippen LogP contribution in [-0.2, 0) is 0 Å². The third kappa shape index (κ3) is 2.62. The van der Waals surface area contributed by atoms with Crippen molar-refractivity contribution in [3.8, 4) is 0 Å². The molecule has 0 spiro atoms. The first kappa shape index (κ1) is 13.7. The molecule has 3 rings (SSSR count). The summed E-state index contributed by atoms with van der Waals surface area (Å²) < 4.78 is 0. The Labute approximate surface area is 123 Å². The second-order valence-corrected chi connectivity index (χ2v) is 6.24. The van der Waals surface area contributed by atoms with Crippen molar-refractivity contribution in [3.05, 3.63) is 22.8 Å². The van der Waals surface area contributed by atoms with Gasteiger partial charge in [-0.1, -0.05) is 30.9 Å². The van der Waals surface area contributed by atoms with Crippen molar-refractivity contribution in [1.29, 1.82) is 0 Å². The number of carboxylic acid groups (broad SMARTS) is 1. The van der Waals surface area contributed by atoms with Gasteiger partial charge in [0.25, 0.3) is 0 Å². The molecule has 0 bridgehead atoms. The van der Waals surface area contributed by atoms with Gasteiger partial charge in [-0.2, -0.15) is 0 Å². The molecule has 1 N–H and O–H groups in total. The highest BCUT2D eigenvalue weighted by atomic mass is 35.5. The van der Waals surface area contributed by atoms with Crippen molar-refractivity contribution in [2.45, 2.75) is 32.1 Å². The fourth-order valence-corrected chi connectivity index (χ4v) is 3.77. The highest BCUT2D eigenvalue weighted by molar-refractivity contribution is 6.29. The Morgan fingerprint density at radius 1 is 1.25 bits per heavy atom. The molecule has 0 radical (unpaired) electrons. The quantitative estimate of drug-likeness (QED) is 0.849. The first-order valence-corrected chi connectivity index (χ1v) is 7.67. The number of fused-ring (bicyclic) bond motifs is 1. The molecule has 2 aliphatic rings. The van der Waals surface area contributed by atoms with Crippen LogP contribution in [0.4, 0.5) is 5.82 Å². The van der Waals surface area contributed by atoms with Crippen LogP contribution in [0.15, 0.2) is 12.1 Å². The molecule has 2 fully saturated rings. The van der Waals surface area contributed by atoms with E-state index in [1.165, 1.54) is 25.7 Å². The van der Waals surface area contributed by atoms with Crippen LogP contribution in [0.2, 0.25) is 5.15 Å². The molecule has 0 aromatic carbocycles. The molecular weight excluding hydrogens is 276 g/mol. The minimum absolute atomic E-state index is 0.253. The number of anilines is 1.